The molecule has 8 heteroatoms. The average Bonchev–Trinajstić information content (AvgIpc) is 3.18. The number of ether oxygens (including phenoxy) is 1. The summed E-state index contributed by atoms with van der Waals surface area (Å²) in [5, 5.41) is 10.8. The van der Waals surface area contributed by atoms with Crippen molar-refractivity contribution in [2.75, 3.05) is 7.05 Å². The molecule has 2 N–H and O–H groups in total. The monoisotopic (exact) mass is 549 g/mol. The zero-order valence-corrected chi connectivity index (χ0v) is 21.7. The molecule has 2 heterocycles. The van der Waals surface area contributed by atoms with E-state index < -0.39 is 0 Å². The van der Waals surface area contributed by atoms with Gasteiger partial charge in [0.25, 0.3) is 0 Å². The maximum absolute atomic E-state index is 5.93. The Hall–Kier alpha value is -2.62. The summed E-state index contributed by atoms with van der Waals surface area (Å²) in [4.78, 5) is 8.65. The zero-order valence-electron chi connectivity index (χ0n) is 19.4. The first-order valence-corrected chi connectivity index (χ1v) is 10.6. The molecule has 0 fully saturated rings. The third-order valence-electron chi connectivity index (χ3n) is 5.22. The normalized spacial score (nSPS) is 11.1. The lowest BCUT2D eigenvalue weighted by Gasteiger charge is -2.13. The predicted molar refractivity (Wildman–Crippen MR) is 138 cm³/mol. The van der Waals surface area contributed by atoms with Crippen molar-refractivity contribution in [3.05, 3.63) is 70.2 Å². The van der Waals surface area contributed by atoms with Gasteiger partial charge in [-0.1, -0.05) is 25.1 Å². The highest BCUT2D eigenvalue weighted by atomic mass is 127. The first-order chi connectivity index (χ1) is 15.0. The fraction of sp³-hybridized carbons (Fsp3) is 0.375. The number of benzene rings is 1. The third-order valence-corrected chi connectivity index (χ3v) is 5.22. The van der Waals surface area contributed by atoms with Crippen LogP contribution in [-0.2, 0) is 25.9 Å². The van der Waals surface area contributed by atoms with Gasteiger partial charge in [0, 0.05) is 44.4 Å². The molecular formula is C24H32IN5O2. The van der Waals surface area contributed by atoms with E-state index in [0.29, 0.717) is 24.9 Å². The van der Waals surface area contributed by atoms with Crippen LogP contribution in [0.4, 0.5) is 0 Å². The van der Waals surface area contributed by atoms with Gasteiger partial charge in [0.1, 0.15) is 11.5 Å². The number of pyridine rings is 1. The number of hydrogen-bond acceptors (Lipinski definition) is 5. The van der Waals surface area contributed by atoms with Crippen LogP contribution in [0.25, 0.3) is 0 Å². The van der Waals surface area contributed by atoms with Crippen LogP contribution < -0.4 is 15.4 Å². The predicted octanol–water partition coefficient (Wildman–Crippen LogP) is 5.09. The summed E-state index contributed by atoms with van der Waals surface area (Å²) in [5.74, 6) is 2.97. The second-order valence-electron chi connectivity index (χ2n) is 7.37. The lowest BCUT2D eigenvalue weighted by atomic mass is 10.1. The number of halogens is 1. The maximum atomic E-state index is 5.93. The van der Waals surface area contributed by atoms with Crippen molar-refractivity contribution in [1.82, 2.24) is 20.8 Å². The van der Waals surface area contributed by atoms with Crippen LogP contribution in [0.15, 0.2) is 46.0 Å². The lowest BCUT2D eigenvalue weighted by molar-refractivity contribution is 0.380. The molecule has 0 radical (unpaired) electrons. The second-order valence-corrected chi connectivity index (χ2v) is 7.37. The number of rotatable bonds is 8. The van der Waals surface area contributed by atoms with Gasteiger partial charge >= 0.3 is 0 Å². The zero-order chi connectivity index (χ0) is 22.2. The standard InChI is InChI=1S/C24H31N5O2.HI/c1-6-21-20(22(7-2)31-29-21)15-28-24(25-5)27-14-18-10-11-26-23(13-18)30-19-9-8-16(3)17(4)12-19;/h8-13H,6-7,14-15H2,1-5H3,(H2,25,27,28);1H. The van der Waals surface area contributed by atoms with Crippen molar-refractivity contribution >= 4 is 29.9 Å². The second kappa shape index (κ2) is 12.4. The Morgan fingerprint density at radius 2 is 1.81 bits per heavy atom. The van der Waals surface area contributed by atoms with E-state index in [1.54, 1.807) is 13.2 Å². The Kier molecular flexibility index (Phi) is 9.96. The highest BCUT2D eigenvalue weighted by Crippen LogP contribution is 2.22. The van der Waals surface area contributed by atoms with E-state index in [4.69, 9.17) is 9.26 Å². The summed E-state index contributed by atoms with van der Waals surface area (Å²) in [6.07, 6.45) is 3.41. The molecule has 0 aliphatic carbocycles. The van der Waals surface area contributed by atoms with E-state index in [0.717, 1.165) is 41.2 Å². The Labute approximate surface area is 207 Å². The Morgan fingerprint density at radius 1 is 1.03 bits per heavy atom. The number of aliphatic imine (C=N–C) groups is 1. The summed E-state index contributed by atoms with van der Waals surface area (Å²) >= 11 is 0. The first-order valence-electron chi connectivity index (χ1n) is 10.6. The molecule has 32 heavy (non-hydrogen) atoms. The maximum Gasteiger partial charge on any atom is 0.219 e. The summed E-state index contributed by atoms with van der Waals surface area (Å²) in [6.45, 7) is 9.51. The lowest BCUT2D eigenvalue weighted by Crippen LogP contribution is -2.36. The molecule has 7 nitrogen and oxygen atoms in total. The van der Waals surface area contributed by atoms with Gasteiger partial charge in [-0.15, -0.1) is 24.0 Å². The molecule has 0 bridgehead atoms. The van der Waals surface area contributed by atoms with Crippen molar-refractivity contribution in [3.63, 3.8) is 0 Å². The largest absolute Gasteiger partial charge is 0.439 e. The molecule has 0 aliphatic rings. The highest BCUT2D eigenvalue weighted by Gasteiger charge is 2.13. The molecule has 0 amide bonds. The molecule has 3 rings (SSSR count). The number of aryl methyl sites for hydroxylation is 4. The smallest absolute Gasteiger partial charge is 0.219 e. The quantitative estimate of drug-likeness (QED) is 0.232. The van der Waals surface area contributed by atoms with Crippen LogP contribution in [0.5, 0.6) is 11.6 Å². The van der Waals surface area contributed by atoms with Gasteiger partial charge in [-0.2, -0.15) is 0 Å². The average molecular weight is 549 g/mol. The molecule has 0 aliphatic heterocycles. The molecule has 0 atom stereocenters. The van der Waals surface area contributed by atoms with E-state index >= 15 is 0 Å². The van der Waals surface area contributed by atoms with Gasteiger partial charge in [0.05, 0.1) is 5.69 Å². The molecule has 0 unspecified atom stereocenters. The first kappa shape index (κ1) is 25.6. The minimum absolute atomic E-state index is 0. The van der Waals surface area contributed by atoms with Gasteiger partial charge in [0.2, 0.25) is 5.88 Å². The minimum Gasteiger partial charge on any atom is -0.439 e. The molecule has 172 valence electrons. The summed E-state index contributed by atoms with van der Waals surface area (Å²) in [5.41, 5.74) is 5.57. The van der Waals surface area contributed by atoms with E-state index in [9.17, 15) is 0 Å². The Balaban J connectivity index is 0.00000363. The summed E-state index contributed by atoms with van der Waals surface area (Å²) < 4.78 is 11.4. The number of nitrogens with one attached hydrogen (secondary N) is 2. The van der Waals surface area contributed by atoms with Crippen LogP contribution in [0, 0.1) is 13.8 Å². The molecule has 0 spiro atoms. The van der Waals surface area contributed by atoms with Crippen LogP contribution in [-0.4, -0.2) is 23.1 Å². The van der Waals surface area contributed by atoms with Crippen molar-refractivity contribution in [1.29, 1.82) is 0 Å². The summed E-state index contributed by atoms with van der Waals surface area (Å²) in [7, 11) is 1.76. The van der Waals surface area contributed by atoms with Crippen LogP contribution in [0.2, 0.25) is 0 Å². The van der Waals surface area contributed by atoms with E-state index in [-0.39, 0.29) is 24.0 Å². The molecule has 2 aromatic heterocycles. The van der Waals surface area contributed by atoms with Crippen molar-refractivity contribution in [2.24, 2.45) is 4.99 Å². The molecule has 1 aromatic carbocycles. The number of aromatic nitrogens is 2. The van der Waals surface area contributed by atoms with Crippen molar-refractivity contribution in [2.45, 2.75) is 53.6 Å². The van der Waals surface area contributed by atoms with Gasteiger partial charge in [0.15, 0.2) is 5.96 Å². The molecular weight excluding hydrogens is 517 g/mol. The van der Waals surface area contributed by atoms with Gasteiger partial charge in [-0.25, -0.2) is 4.98 Å². The number of hydrogen-bond donors (Lipinski definition) is 2. The molecule has 3 aromatic rings. The topological polar surface area (TPSA) is 84.6 Å². The van der Waals surface area contributed by atoms with E-state index in [2.05, 4.69) is 59.5 Å². The fourth-order valence-corrected chi connectivity index (χ4v) is 3.23. The van der Waals surface area contributed by atoms with Crippen LogP contribution in [0.1, 0.15) is 47.6 Å². The van der Waals surface area contributed by atoms with Gasteiger partial charge in [-0.05, 0) is 55.2 Å². The van der Waals surface area contributed by atoms with E-state index in [1.165, 1.54) is 11.1 Å². The van der Waals surface area contributed by atoms with Gasteiger partial charge in [-0.3, -0.25) is 4.99 Å². The number of guanidine groups is 1. The van der Waals surface area contributed by atoms with E-state index in [1.807, 2.05) is 24.3 Å². The SMILES string of the molecule is CCc1noc(CC)c1CNC(=NC)NCc1ccnc(Oc2ccc(C)c(C)c2)c1.I. The van der Waals surface area contributed by atoms with Crippen LogP contribution >= 0.6 is 24.0 Å². The third kappa shape index (κ3) is 6.69. The minimum atomic E-state index is 0. The molecule has 0 saturated heterocycles. The Bertz CT molecular complexity index is 1030. The molecule has 0 saturated carbocycles. The van der Waals surface area contributed by atoms with Gasteiger partial charge < -0.3 is 19.9 Å². The highest BCUT2D eigenvalue weighted by molar-refractivity contribution is 14.0. The summed E-state index contributed by atoms with van der Waals surface area (Å²) in [6, 6.07) is 9.92. The van der Waals surface area contributed by atoms with Crippen molar-refractivity contribution < 1.29 is 9.26 Å². The van der Waals surface area contributed by atoms with Crippen molar-refractivity contribution in [3.8, 4) is 11.6 Å². The fourth-order valence-electron chi connectivity index (χ4n) is 3.23. The Morgan fingerprint density at radius 3 is 2.50 bits per heavy atom. The number of nitrogens with zero attached hydrogens (tertiary/aromatic N) is 3. The van der Waals surface area contributed by atoms with Crippen LogP contribution in [0.3, 0.4) is 0 Å².